The third kappa shape index (κ3) is 3.68. The lowest BCUT2D eigenvalue weighted by Crippen LogP contribution is -2.14. The fourth-order valence-electron chi connectivity index (χ4n) is 2.24. The second-order valence-corrected chi connectivity index (χ2v) is 7.40. The molecule has 5 nitrogen and oxygen atoms in total. The fourth-order valence-corrected chi connectivity index (χ4v) is 4.02. The average molecular weight is 359 g/mol. The van der Waals surface area contributed by atoms with Crippen molar-refractivity contribution in [3.8, 4) is 5.75 Å². The van der Waals surface area contributed by atoms with Crippen LogP contribution in [-0.4, -0.2) is 26.7 Å². The van der Waals surface area contributed by atoms with E-state index < -0.39 is 0 Å². The molecule has 0 aliphatic rings. The van der Waals surface area contributed by atoms with E-state index in [1.807, 2.05) is 6.92 Å². The molecule has 2 N–H and O–H groups in total. The summed E-state index contributed by atoms with van der Waals surface area (Å²) in [7, 11) is 0. The summed E-state index contributed by atoms with van der Waals surface area (Å²) in [5.41, 5.74) is 1.40. The maximum Gasteiger partial charge on any atom is 0.234 e. The summed E-state index contributed by atoms with van der Waals surface area (Å²) in [6, 6.07) is 7.20. The van der Waals surface area contributed by atoms with Gasteiger partial charge in [-0.1, -0.05) is 24.8 Å². The number of hydrogen-bond acceptors (Lipinski definition) is 6. The number of thiophene rings is 1. The van der Waals surface area contributed by atoms with Crippen molar-refractivity contribution >= 4 is 44.9 Å². The summed E-state index contributed by atoms with van der Waals surface area (Å²) in [6.45, 7) is 4.01. The Kier molecular flexibility index (Phi) is 5.01. The molecule has 0 spiro atoms. The van der Waals surface area contributed by atoms with E-state index in [1.54, 1.807) is 29.5 Å². The number of nitrogens with one attached hydrogen (secondary N) is 1. The smallest absolute Gasteiger partial charge is 0.234 e. The Morgan fingerprint density at radius 2 is 2.17 bits per heavy atom. The largest absolute Gasteiger partial charge is 0.506 e. The van der Waals surface area contributed by atoms with E-state index in [-0.39, 0.29) is 17.4 Å². The van der Waals surface area contributed by atoms with Gasteiger partial charge in [0.2, 0.25) is 5.91 Å². The number of thioether (sulfide) groups is 1. The molecule has 124 valence electrons. The number of rotatable bonds is 5. The van der Waals surface area contributed by atoms with Crippen molar-refractivity contribution in [3.05, 3.63) is 41.0 Å². The van der Waals surface area contributed by atoms with Gasteiger partial charge in [0.05, 0.1) is 11.4 Å². The highest BCUT2D eigenvalue weighted by Crippen LogP contribution is 2.31. The molecule has 3 aromatic rings. The number of benzene rings is 1. The van der Waals surface area contributed by atoms with Gasteiger partial charge in [0, 0.05) is 10.3 Å². The van der Waals surface area contributed by atoms with E-state index in [0.29, 0.717) is 5.69 Å². The molecular weight excluding hydrogens is 342 g/mol. The normalized spacial score (nSPS) is 10.9. The summed E-state index contributed by atoms with van der Waals surface area (Å²) < 4.78 is 0. The molecule has 2 aromatic heterocycles. The molecule has 3 rings (SSSR count). The Labute approximate surface area is 148 Å². The summed E-state index contributed by atoms with van der Waals surface area (Å²) in [6.07, 6.45) is 2.49. The number of carbonyl (C=O) groups is 1. The number of phenols is 1. The number of amides is 1. The third-order valence-electron chi connectivity index (χ3n) is 3.46. The molecule has 0 aliphatic carbocycles. The van der Waals surface area contributed by atoms with E-state index in [2.05, 4.69) is 28.3 Å². The predicted octanol–water partition coefficient (Wildman–Crippen LogP) is 4.00. The van der Waals surface area contributed by atoms with Crippen LogP contribution in [0, 0.1) is 6.92 Å². The van der Waals surface area contributed by atoms with Crippen LogP contribution in [0.5, 0.6) is 5.75 Å². The van der Waals surface area contributed by atoms with Crippen molar-refractivity contribution in [2.45, 2.75) is 25.3 Å². The van der Waals surface area contributed by atoms with Gasteiger partial charge < -0.3 is 10.4 Å². The van der Waals surface area contributed by atoms with Crippen molar-refractivity contribution in [2.24, 2.45) is 0 Å². The standard InChI is InChI=1S/C17H17N3O2S2/c1-3-11-7-12-16(18-9-19-17(12)24-11)23-8-15(22)20-13-6-10(2)4-5-14(13)21/h4-7,9,21H,3,8H2,1-2H3,(H,20,22). The Balaban J connectivity index is 1.70. The second kappa shape index (κ2) is 7.19. The minimum Gasteiger partial charge on any atom is -0.506 e. The predicted molar refractivity (Wildman–Crippen MR) is 99.0 cm³/mol. The van der Waals surface area contributed by atoms with Crippen LogP contribution >= 0.6 is 23.1 Å². The zero-order chi connectivity index (χ0) is 17.1. The summed E-state index contributed by atoms with van der Waals surface area (Å²) in [4.78, 5) is 22.9. The van der Waals surface area contributed by atoms with Gasteiger partial charge in [0.1, 0.15) is 21.9 Å². The number of aryl methyl sites for hydroxylation is 2. The highest BCUT2D eigenvalue weighted by atomic mass is 32.2. The monoisotopic (exact) mass is 359 g/mol. The van der Waals surface area contributed by atoms with Crippen LogP contribution in [0.4, 0.5) is 5.69 Å². The first-order chi connectivity index (χ1) is 11.6. The lowest BCUT2D eigenvalue weighted by atomic mass is 10.2. The quantitative estimate of drug-likeness (QED) is 0.409. The van der Waals surface area contributed by atoms with Crippen LogP contribution in [0.25, 0.3) is 10.2 Å². The molecule has 24 heavy (non-hydrogen) atoms. The zero-order valence-electron chi connectivity index (χ0n) is 13.4. The number of aromatic nitrogens is 2. The summed E-state index contributed by atoms with van der Waals surface area (Å²) >= 11 is 3.03. The van der Waals surface area contributed by atoms with Crippen LogP contribution in [0.2, 0.25) is 0 Å². The topological polar surface area (TPSA) is 75.1 Å². The number of carbonyl (C=O) groups excluding carboxylic acids is 1. The molecule has 0 saturated carbocycles. The molecule has 0 bridgehead atoms. The number of nitrogens with zero attached hydrogens (tertiary/aromatic N) is 2. The first kappa shape index (κ1) is 16.7. The molecule has 0 aliphatic heterocycles. The lowest BCUT2D eigenvalue weighted by Gasteiger charge is -2.08. The number of fused-ring (bicyclic) bond motifs is 1. The van der Waals surface area contributed by atoms with Gasteiger partial charge in [-0.25, -0.2) is 9.97 Å². The zero-order valence-corrected chi connectivity index (χ0v) is 15.0. The van der Waals surface area contributed by atoms with Crippen LogP contribution < -0.4 is 5.32 Å². The Bertz CT molecular complexity index is 893. The average Bonchev–Trinajstić information content (AvgIpc) is 3.00. The van der Waals surface area contributed by atoms with E-state index in [0.717, 1.165) is 27.2 Å². The van der Waals surface area contributed by atoms with Crippen molar-refractivity contribution in [1.82, 2.24) is 9.97 Å². The van der Waals surface area contributed by atoms with Gasteiger partial charge >= 0.3 is 0 Å². The van der Waals surface area contributed by atoms with E-state index in [1.165, 1.54) is 23.0 Å². The van der Waals surface area contributed by atoms with Gasteiger partial charge in [-0.15, -0.1) is 11.3 Å². The molecule has 0 fully saturated rings. The van der Waals surface area contributed by atoms with Gasteiger partial charge in [-0.3, -0.25) is 4.79 Å². The van der Waals surface area contributed by atoms with E-state index in [9.17, 15) is 9.90 Å². The van der Waals surface area contributed by atoms with Gasteiger partial charge in [-0.05, 0) is 37.1 Å². The van der Waals surface area contributed by atoms with Crippen LogP contribution in [0.1, 0.15) is 17.4 Å². The molecule has 2 heterocycles. The minimum absolute atomic E-state index is 0.0637. The number of phenolic OH excluding ortho intramolecular Hbond substituents is 1. The van der Waals surface area contributed by atoms with Gasteiger partial charge in [0.15, 0.2) is 0 Å². The highest BCUT2D eigenvalue weighted by molar-refractivity contribution is 8.00. The maximum atomic E-state index is 12.2. The van der Waals surface area contributed by atoms with Gasteiger partial charge in [0.25, 0.3) is 0 Å². The fraction of sp³-hybridized carbons (Fsp3) is 0.235. The minimum atomic E-state index is -0.182. The second-order valence-electron chi connectivity index (χ2n) is 5.32. The molecule has 0 saturated heterocycles. The van der Waals surface area contributed by atoms with Gasteiger partial charge in [-0.2, -0.15) is 0 Å². The molecule has 7 heteroatoms. The molecule has 0 radical (unpaired) electrons. The van der Waals surface area contributed by atoms with Crippen molar-refractivity contribution < 1.29 is 9.90 Å². The Morgan fingerprint density at radius 1 is 1.33 bits per heavy atom. The van der Waals surface area contributed by atoms with Crippen LogP contribution in [0.15, 0.2) is 35.6 Å². The SMILES string of the molecule is CCc1cc2c(SCC(=O)Nc3cc(C)ccc3O)ncnc2s1. The molecule has 0 atom stereocenters. The number of aromatic hydroxyl groups is 1. The Hall–Kier alpha value is -2.12. The maximum absolute atomic E-state index is 12.2. The van der Waals surface area contributed by atoms with Crippen molar-refractivity contribution in [2.75, 3.05) is 11.1 Å². The van der Waals surface area contributed by atoms with E-state index in [4.69, 9.17) is 0 Å². The lowest BCUT2D eigenvalue weighted by molar-refractivity contribution is -0.113. The first-order valence-electron chi connectivity index (χ1n) is 7.52. The highest BCUT2D eigenvalue weighted by Gasteiger charge is 2.12. The summed E-state index contributed by atoms with van der Waals surface area (Å²) in [5.74, 6) is 0.101. The summed E-state index contributed by atoms with van der Waals surface area (Å²) in [5, 5.41) is 14.3. The van der Waals surface area contributed by atoms with Crippen molar-refractivity contribution in [3.63, 3.8) is 0 Å². The van der Waals surface area contributed by atoms with Crippen molar-refractivity contribution in [1.29, 1.82) is 0 Å². The molecule has 1 amide bonds. The number of hydrogen-bond donors (Lipinski definition) is 2. The van der Waals surface area contributed by atoms with Crippen LogP contribution in [-0.2, 0) is 11.2 Å². The van der Waals surface area contributed by atoms with Crippen LogP contribution in [0.3, 0.4) is 0 Å². The Morgan fingerprint density at radius 3 is 2.96 bits per heavy atom. The third-order valence-corrected chi connectivity index (χ3v) is 5.65. The van der Waals surface area contributed by atoms with E-state index >= 15 is 0 Å². The first-order valence-corrected chi connectivity index (χ1v) is 9.32. The number of anilines is 1. The molecule has 0 unspecified atom stereocenters. The molecular formula is C17H17N3O2S2. The molecule has 1 aromatic carbocycles.